The van der Waals surface area contributed by atoms with E-state index >= 15 is 0 Å². The summed E-state index contributed by atoms with van der Waals surface area (Å²) in [5.41, 5.74) is 5.32. The molecule has 0 aliphatic carbocycles. The highest BCUT2D eigenvalue weighted by atomic mass is 31.2. The smallest absolute Gasteiger partial charge is 0.462 e. The number of nitrogens with two attached hydrogens (primary N) is 1. The number of esters is 2. The number of hydrogen-bond donors (Lipinski definition) is 3. The zero-order chi connectivity index (χ0) is 38.4. The molecule has 0 bridgehead atoms. The van der Waals surface area contributed by atoms with E-state index in [9.17, 15) is 24.2 Å². The summed E-state index contributed by atoms with van der Waals surface area (Å²) in [6.07, 6.45) is 40.3. The van der Waals surface area contributed by atoms with Crippen LogP contribution in [-0.4, -0.2) is 60.5 Å². The first-order chi connectivity index (χ1) is 25.2. The monoisotopic (exact) mass is 751 g/mol. The van der Waals surface area contributed by atoms with Gasteiger partial charge in [0.15, 0.2) is 6.10 Å². The summed E-state index contributed by atoms with van der Waals surface area (Å²) in [6.45, 7) is 3.27. The van der Waals surface area contributed by atoms with Gasteiger partial charge < -0.3 is 25.2 Å². The molecule has 0 aromatic carbocycles. The molecule has 52 heavy (non-hydrogen) atoms. The van der Waals surface area contributed by atoms with Crippen LogP contribution < -0.4 is 5.73 Å². The predicted molar refractivity (Wildman–Crippen MR) is 212 cm³/mol. The third-order valence-corrected chi connectivity index (χ3v) is 8.72. The van der Waals surface area contributed by atoms with Crippen LogP contribution in [-0.2, 0) is 32.7 Å². The van der Waals surface area contributed by atoms with Gasteiger partial charge in [0.25, 0.3) is 0 Å². The van der Waals surface area contributed by atoms with Crippen molar-refractivity contribution < 1.29 is 42.7 Å². The van der Waals surface area contributed by atoms with Crippen molar-refractivity contribution in [2.45, 2.75) is 148 Å². The maximum Gasteiger partial charge on any atom is 0.472 e. The van der Waals surface area contributed by atoms with Gasteiger partial charge in [0.1, 0.15) is 6.61 Å². The van der Waals surface area contributed by atoms with Gasteiger partial charge in [-0.3, -0.25) is 18.6 Å². The number of aliphatic hydroxyl groups excluding tert-OH is 1. The SMILES string of the molecule is CCCCCC/C=C\CCCCCCCC(=O)O[C@H](COC(=O)CCC/C=C\C/C=C\C/C=C\C/C=C\C=C\[C@@H](O)CC)COP(=O)(O)OCCN. The molecule has 4 N–H and O–H groups in total. The highest BCUT2D eigenvalue weighted by Gasteiger charge is 2.25. The Balaban J connectivity index is 4.36. The lowest BCUT2D eigenvalue weighted by Crippen LogP contribution is -2.29. The van der Waals surface area contributed by atoms with E-state index in [4.69, 9.17) is 24.3 Å². The molecule has 0 aromatic rings. The Morgan fingerprint density at radius 2 is 1.23 bits per heavy atom. The first-order valence-corrected chi connectivity index (χ1v) is 21.0. The van der Waals surface area contributed by atoms with Crippen LogP contribution >= 0.6 is 7.82 Å². The van der Waals surface area contributed by atoms with Crippen LogP contribution in [0, 0.1) is 0 Å². The van der Waals surface area contributed by atoms with Crippen molar-refractivity contribution in [1.82, 2.24) is 0 Å². The van der Waals surface area contributed by atoms with Crippen LogP contribution in [0.4, 0.5) is 0 Å². The van der Waals surface area contributed by atoms with Gasteiger partial charge >= 0.3 is 19.8 Å². The van der Waals surface area contributed by atoms with Gasteiger partial charge in [-0.15, -0.1) is 0 Å². The number of aliphatic hydroxyl groups is 1. The van der Waals surface area contributed by atoms with E-state index in [-0.39, 0.29) is 38.7 Å². The average Bonchev–Trinajstić information content (AvgIpc) is 3.13. The zero-order valence-electron chi connectivity index (χ0n) is 32.1. The van der Waals surface area contributed by atoms with Gasteiger partial charge in [-0.2, -0.15) is 0 Å². The average molecular weight is 752 g/mol. The van der Waals surface area contributed by atoms with Crippen LogP contribution in [0.1, 0.15) is 136 Å². The molecule has 0 aliphatic rings. The van der Waals surface area contributed by atoms with Gasteiger partial charge in [-0.05, 0) is 70.6 Å². The fraction of sp³-hybridized carbons (Fsp3) is 0.659. The molecule has 0 heterocycles. The van der Waals surface area contributed by atoms with Crippen molar-refractivity contribution in [3.8, 4) is 0 Å². The van der Waals surface area contributed by atoms with Gasteiger partial charge in [-0.25, -0.2) is 4.57 Å². The molecule has 0 amide bonds. The van der Waals surface area contributed by atoms with E-state index in [1.165, 1.54) is 25.7 Å². The lowest BCUT2D eigenvalue weighted by molar-refractivity contribution is -0.161. The van der Waals surface area contributed by atoms with Crippen LogP contribution in [0.5, 0.6) is 0 Å². The largest absolute Gasteiger partial charge is 0.472 e. The molecule has 0 saturated heterocycles. The van der Waals surface area contributed by atoms with Gasteiger partial charge in [0.05, 0.1) is 19.3 Å². The Morgan fingerprint density at radius 3 is 1.88 bits per heavy atom. The summed E-state index contributed by atoms with van der Waals surface area (Å²) < 4.78 is 32.6. The number of allylic oxidation sites excluding steroid dienone is 11. The molecule has 10 nitrogen and oxygen atoms in total. The van der Waals surface area contributed by atoms with Crippen LogP contribution in [0.15, 0.2) is 72.9 Å². The van der Waals surface area contributed by atoms with Crippen LogP contribution in [0.3, 0.4) is 0 Å². The minimum Gasteiger partial charge on any atom is -0.462 e. The van der Waals surface area contributed by atoms with Crippen molar-refractivity contribution in [1.29, 1.82) is 0 Å². The quantitative estimate of drug-likeness (QED) is 0.0187. The van der Waals surface area contributed by atoms with Crippen molar-refractivity contribution in [3.05, 3.63) is 72.9 Å². The molecule has 11 heteroatoms. The van der Waals surface area contributed by atoms with E-state index in [1.54, 1.807) is 6.08 Å². The predicted octanol–water partition coefficient (Wildman–Crippen LogP) is 9.68. The minimum absolute atomic E-state index is 0.0354. The lowest BCUT2D eigenvalue weighted by Gasteiger charge is -2.19. The van der Waals surface area contributed by atoms with E-state index in [0.29, 0.717) is 25.7 Å². The summed E-state index contributed by atoms with van der Waals surface area (Å²) in [5.74, 6) is -0.935. The normalized spacial score (nSPS) is 14.8. The van der Waals surface area contributed by atoms with Crippen LogP contribution in [0.25, 0.3) is 0 Å². The molecular formula is C41H70NO9P. The van der Waals surface area contributed by atoms with E-state index in [2.05, 4.69) is 43.4 Å². The molecule has 298 valence electrons. The maximum absolute atomic E-state index is 12.5. The molecule has 0 rings (SSSR count). The highest BCUT2D eigenvalue weighted by Crippen LogP contribution is 2.43. The lowest BCUT2D eigenvalue weighted by atomic mass is 10.1. The molecule has 1 unspecified atom stereocenters. The number of carbonyl (C=O) groups is 2. The summed E-state index contributed by atoms with van der Waals surface area (Å²) in [6, 6.07) is 0. The fourth-order valence-corrected chi connectivity index (χ4v) is 5.44. The Hall–Kier alpha value is -2.59. The summed E-state index contributed by atoms with van der Waals surface area (Å²) in [4.78, 5) is 34.7. The maximum atomic E-state index is 12.5. The van der Waals surface area contributed by atoms with E-state index < -0.39 is 32.5 Å². The number of phosphoric ester groups is 1. The summed E-state index contributed by atoms with van der Waals surface area (Å²) >= 11 is 0. The number of rotatable bonds is 35. The highest BCUT2D eigenvalue weighted by molar-refractivity contribution is 7.47. The molecule has 3 atom stereocenters. The second kappa shape index (κ2) is 36.8. The Labute approximate surface area is 314 Å². The number of ether oxygens (including phenoxy) is 2. The van der Waals surface area contributed by atoms with Crippen molar-refractivity contribution >= 4 is 19.8 Å². The number of unbranched alkanes of at least 4 members (excludes halogenated alkanes) is 10. The minimum atomic E-state index is -4.40. The second-order valence-corrected chi connectivity index (χ2v) is 14.1. The molecule has 0 saturated carbocycles. The second-order valence-electron chi connectivity index (χ2n) is 12.6. The molecule has 0 aliphatic heterocycles. The van der Waals surface area contributed by atoms with E-state index in [0.717, 1.165) is 57.8 Å². The zero-order valence-corrected chi connectivity index (χ0v) is 33.0. The van der Waals surface area contributed by atoms with Crippen molar-refractivity contribution in [2.75, 3.05) is 26.4 Å². The van der Waals surface area contributed by atoms with Gasteiger partial charge in [0.2, 0.25) is 0 Å². The number of carbonyl (C=O) groups excluding carboxylic acids is 2. The topological polar surface area (TPSA) is 155 Å². The standard InChI is InChI=1S/C41H70NO9P/c1-3-5-6-7-8-9-10-13-18-21-24-27-30-33-41(45)51-39(37-50-52(46,47)49-35-34-42)36-48-40(44)32-29-26-23-20-17-15-12-11-14-16-19-22-25-28-31-38(43)4-2/h9-10,12,14-16,20,22-23,25,28,31,38-39,43H,3-8,11,13,17-19,21,24,26-27,29-30,32-37,42H2,1-2H3,(H,46,47)/b10-9-,15-12-,16-14-,23-20-,25-22-,31-28+/t38-,39+/m0/s1. The van der Waals surface area contributed by atoms with E-state index in [1.807, 2.05) is 37.3 Å². The van der Waals surface area contributed by atoms with Gasteiger partial charge in [0, 0.05) is 19.4 Å². The molecule has 0 radical (unpaired) electrons. The summed E-state index contributed by atoms with van der Waals surface area (Å²) in [5, 5.41) is 9.46. The third-order valence-electron chi connectivity index (χ3n) is 7.73. The van der Waals surface area contributed by atoms with Crippen molar-refractivity contribution in [3.63, 3.8) is 0 Å². The number of hydrogen-bond acceptors (Lipinski definition) is 9. The Kier molecular flexibility index (Phi) is 34.9. The molecule has 0 spiro atoms. The summed E-state index contributed by atoms with van der Waals surface area (Å²) in [7, 11) is -4.40. The first kappa shape index (κ1) is 49.4. The fourth-order valence-electron chi connectivity index (χ4n) is 4.67. The Bertz CT molecular complexity index is 1100. The van der Waals surface area contributed by atoms with Gasteiger partial charge in [-0.1, -0.05) is 125 Å². The molecule has 0 fully saturated rings. The van der Waals surface area contributed by atoms with Crippen LogP contribution in [0.2, 0.25) is 0 Å². The Morgan fingerprint density at radius 1 is 0.673 bits per heavy atom. The number of phosphoric acid groups is 1. The molecular weight excluding hydrogens is 681 g/mol. The molecule has 0 aromatic heterocycles. The van der Waals surface area contributed by atoms with Crippen molar-refractivity contribution in [2.24, 2.45) is 5.73 Å². The third kappa shape index (κ3) is 35.8. The first-order valence-electron chi connectivity index (χ1n) is 19.5.